The van der Waals surface area contributed by atoms with Crippen LogP contribution in [0, 0.1) is 5.82 Å². The van der Waals surface area contributed by atoms with Gasteiger partial charge in [-0.25, -0.2) is 19.0 Å². The monoisotopic (exact) mass is 470 g/mol. The van der Waals surface area contributed by atoms with E-state index in [2.05, 4.69) is 51.2 Å². The number of halogens is 2. The summed E-state index contributed by atoms with van der Waals surface area (Å²) in [7, 11) is 0. The van der Waals surface area contributed by atoms with Crippen LogP contribution in [0.1, 0.15) is 26.8 Å². The molecule has 0 atom stereocenters. The molecule has 174 valence electrons. The molecule has 0 radical (unpaired) electrons. The van der Waals surface area contributed by atoms with Gasteiger partial charge in [-0.3, -0.25) is 0 Å². The number of rotatable bonds is 5. The summed E-state index contributed by atoms with van der Waals surface area (Å²) in [5.74, 6) is 0.162. The zero-order chi connectivity index (χ0) is 22.2. The second-order valence-corrected chi connectivity index (χ2v) is 8.40. The van der Waals surface area contributed by atoms with E-state index in [4.69, 9.17) is 4.98 Å². The highest BCUT2D eigenvalue weighted by molar-refractivity contribution is 6.01. The third-order valence-corrected chi connectivity index (χ3v) is 6.04. The molecule has 0 unspecified atom stereocenters. The summed E-state index contributed by atoms with van der Waals surface area (Å²) in [5, 5.41) is 12.6. The van der Waals surface area contributed by atoms with E-state index in [0.717, 1.165) is 54.7 Å². The summed E-state index contributed by atoms with van der Waals surface area (Å²) < 4.78 is 16.8. The topological polar surface area (TPSA) is 75.0 Å². The van der Waals surface area contributed by atoms with Gasteiger partial charge in [0.2, 0.25) is 5.95 Å². The fourth-order valence-electron chi connectivity index (χ4n) is 4.22. The highest BCUT2D eigenvalue weighted by atomic mass is 35.5. The van der Waals surface area contributed by atoms with Crippen molar-refractivity contribution in [3.8, 4) is 0 Å². The van der Waals surface area contributed by atoms with Crippen LogP contribution >= 0.6 is 12.4 Å². The zero-order valence-corrected chi connectivity index (χ0v) is 19.8. The first-order valence-electron chi connectivity index (χ1n) is 11.1. The Balaban J connectivity index is 0.00000259. The minimum atomic E-state index is -0.245. The first-order valence-corrected chi connectivity index (χ1v) is 11.1. The molecule has 3 heterocycles. The smallest absolute Gasteiger partial charge is 0.227 e. The molecule has 0 aliphatic carbocycles. The Kier molecular flexibility index (Phi) is 6.62. The number of aromatic nitrogens is 5. The molecule has 1 fully saturated rings. The van der Waals surface area contributed by atoms with Crippen LogP contribution in [0.4, 0.5) is 21.7 Å². The van der Waals surface area contributed by atoms with Crippen LogP contribution in [0.25, 0.3) is 21.9 Å². The molecule has 1 aliphatic heterocycles. The van der Waals surface area contributed by atoms with Crippen molar-refractivity contribution in [1.29, 1.82) is 0 Å². The largest absolute Gasteiger partial charge is 0.367 e. The number of anilines is 3. The Hall–Kier alpha value is -3.04. The Morgan fingerprint density at radius 3 is 2.58 bits per heavy atom. The summed E-state index contributed by atoms with van der Waals surface area (Å²) in [4.78, 5) is 13.6. The molecular weight excluding hydrogens is 443 g/mol. The maximum atomic E-state index is 14.9. The molecule has 0 amide bonds. The molecule has 4 aromatic rings. The van der Waals surface area contributed by atoms with Gasteiger partial charge in [-0.05, 0) is 50.7 Å². The number of piperazine rings is 1. The van der Waals surface area contributed by atoms with Gasteiger partial charge in [0, 0.05) is 49.5 Å². The fourth-order valence-corrected chi connectivity index (χ4v) is 4.22. The number of nitrogens with one attached hydrogen (secondary N) is 1. The van der Waals surface area contributed by atoms with Crippen LogP contribution < -0.4 is 10.2 Å². The van der Waals surface area contributed by atoms with E-state index in [9.17, 15) is 4.39 Å². The highest BCUT2D eigenvalue weighted by Crippen LogP contribution is 2.28. The number of fused-ring (bicyclic) bond motifs is 3. The quantitative estimate of drug-likeness (QED) is 0.463. The third-order valence-electron chi connectivity index (χ3n) is 6.04. The molecule has 1 saturated heterocycles. The van der Waals surface area contributed by atoms with Crippen LogP contribution in [0.15, 0.2) is 36.5 Å². The zero-order valence-electron chi connectivity index (χ0n) is 19.0. The maximum absolute atomic E-state index is 14.9. The van der Waals surface area contributed by atoms with Gasteiger partial charge in [0.15, 0.2) is 0 Å². The number of benzene rings is 2. The van der Waals surface area contributed by atoms with Crippen LogP contribution in [-0.4, -0.2) is 62.6 Å². The Morgan fingerprint density at radius 2 is 1.88 bits per heavy atom. The lowest BCUT2D eigenvalue weighted by molar-refractivity contribution is 0.270. The van der Waals surface area contributed by atoms with E-state index in [1.54, 1.807) is 6.20 Å². The van der Waals surface area contributed by atoms with Crippen LogP contribution in [0.2, 0.25) is 0 Å². The lowest BCUT2D eigenvalue weighted by Gasteiger charge is -2.35. The van der Waals surface area contributed by atoms with E-state index in [1.807, 2.05) is 28.9 Å². The van der Waals surface area contributed by atoms with Crippen molar-refractivity contribution >= 4 is 51.7 Å². The van der Waals surface area contributed by atoms with Crippen molar-refractivity contribution in [2.75, 3.05) is 42.9 Å². The Bertz CT molecular complexity index is 1270. The van der Waals surface area contributed by atoms with Crippen LogP contribution in [0.3, 0.4) is 0 Å². The van der Waals surface area contributed by atoms with Gasteiger partial charge >= 0.3 is 0 Å². The number of nitrogens with zero attached hydrogens (tertiary/aromatic N) is 7. The Morgan fingerprint density at radius 1 is 1.09 bits per heavy atom. The van der Waals surface area contributed by atoms with Gasteiger partial charge in [0.25, 0.3) is 0 Å². The molecule has 5 rings (SSSR count). The molecule has 0 saturated carbocycles. The van der Waals surface area contributed by atoms with Gasteiger partial charge in [0.05, 0.1) is 5.69 Å². The van der Waals surface area contributed by atoms with Crippen molar-refractivity contribution in [2.45, 2.75) is 26.8 Å². The highest BCUT2D eigenvalue weighted by Gasteiger charge is 2.19. The average molecular weight is 471 g/mol. The molecule has 1 aliphatic rings. The van der Waals surface area contributed by atoms with Crippen molar-refractivity contribution in [2.24, 2.45) is 0 Å². The van der Waals surface area contributed by atoms with Gasteiger partial charge in [-0.2, -0.15) is 0 Å². The van der Waals surface area contributed by atoms with Gasteiger partial charge in [-0.15, -0.1) is 17.5 Å². The fraction of sp³-hybridized carbons (Fsp3) is 0.391. The number of hydrogen-bond acceptors (Lipinski definition) is 7. The maximum Gasteiger partial charge on any atom is 0.227 e. The first kappa shape index (κ1) is 23.1. The van der Waals surface area contributed by atoms with Gasteiger partial charge in [0.1, 0.15) is 22.4 Å². The van der Waals surface area contributed by atoms with E-state index in [1.165, 1.54) is 6.07 Å². The lowest BCUT2D eigenvalue weighted by Crippen LogP contribution is -2.46. The van der Waals surface area contributed by atoms with Gasteiger partial charge in [-0.1, -0.05) is 12.1 Å². The molecule has 1 N–H and O–H groups in total. The second kappa shape index (κ2) is 9.44. The third kappa shape index (κ3) is 4.43. The summed E-state index contributed by atoms with van der Waals surface area (Å²) in [6.45, 7) is 10.9. The standard InChI is InChI=1S/C23H27FN8.ClH/c1-4-30-9-11-31(12-10-30)20-8-6-17(13-18(20)24)26-23-25-14-16-5-7-19-22(21(16)27-23)32(15(2)3)29-28-19;/h5-8,13-15H,4,9-12H2,1-3H3,(H,25,26,27);1H. The molecule has 10 heteroatoms. The molecular formula is C23H28ClFN8. The summed E-state index contributed by atoms with van der Waals surface area (Å²) in [5.41, 5.74) is 3.68. The predicted octanol–water partition coefficient (Wildman–Crippen LogP) is 4.40. The van der Waals surface area contributed by atoms with Crippen molar-refractivity contribution in [3.63, 3.8) is 0 Å². The predicted molar refractivity (Wildman–Crippen MR) is 132 cm³/mol. The molecule has 33 heavy (non-hydrogen) atoms. The number of likely N-dealkylation sites (N-methyl/N-ethyl adjacent to an activating group) is 1. The van der Waals surface area contributed by atoms with Crippen LogP contribution in [0.5, 0.6) is 0 Å². The minimum Gasteiger partial charge on any atom is -0.367 e. The Labute approximate surface area is 198 Å². The summed E-state index contributed by atoms with van der Waals surface area (Å²) in [6, 6.07) is 9.23. The average Bonchev–Trinajstić information content (AvgIpc) is 3.24. The van der Waals surface area contributed by atoms with E-state index in [-0.39, 0.29) is 24.3 Å². The van der Waals surface area contributed by atoms with E-state index >= 15 is 0 Å². The molecule has 8 nitrogen and oxygen atoms in total. The van der Waals surface area contributed by atoms with Crippen LogP contribution in [-0.2, 0) is 0 Å². The first-order chi connectivity index (χ1) is 15.5. The molecule has 0 spiro atoms. The van der Waals surface area contributed by atoms with Crippen molar-refractivity contribution in [3.05, 3.63) is 42.3 Å². The van der Waals surface area contributed by atoms with Crippen molar-refractivity contribution in [1.82, 2.24) is 29.9 Å². The molecule has 2 aromatic heterocycles. The summed E-state index contributed by atoms with van der Waals surface area (Å²) >= 11 is 0. The SMILES string of the molecule is CCN1CCN(c2ccc(Nc3ncc4ccc5nnn(C(C)C)c5c4n3)cc2F)CC1.Cl. The second-order valence-electron chi connectivity index (χ2n) is 8.40. The molecule has 2 aromatic carbocycles. The van der Waals surface area contributed by atoms with E-state index in [0.29, 0.717) is 17.3 Å². The van der Waals surface area contributed by atoms with E-state index < -0.39 is 0 Å². The van der Waals surface area contributed by atoms with Gasteiger partial charge < -0.3 is 15.1 Å². The minimum absolute atomic E-state index is 0. The molecule has 0 bridgehead atoms. The normalized spacial score (nSPS) is 14.8. The summed E-state index contributed by atoms with van der Waals surface area (Å²) in [6.07, 6.45) is 1.76. The lowest BCUT2D eigenvalue weighted by atomic mass is 10.2. The number of hydrogen-bond donors (Lipinski definition) is 1. The van der Waals surface area contributed by atoms with Crippen molar-refractivity contribution < 1.29 is 4.39 Å².